The van der Waals surface area contributed by atoms with Crippen molar-refractivity contribution in [1.29, 1.82) is 0 Å². The number of halogens is 3. The van der Waals surface area contributed by atoms with E-state index >= 15 is 0 Å². The molecule has 0 aliphatic carbocycles. The molecule has 9 heteroatoms. The highest BCUT2D eigenvalue weighted by Crippen LogP contribution is 2.29. The fourth-order valence-electron chi connectivity index (χ4n) is 3.19. The van der Waals surface area contributed by atoms with Crippen LogP contribution < -0.4 is 0 Å². The first kappa shape index (κ1) is 17.6. The summed E-state index contributed by atoms with van der Waals surface area (Å²) in [7, 11) is 0. The van der Waals surface area contributed by atoms with Gasteiger partial charge in [0.2, 0.25) is 5.82 Å². The van der Waals surface area contributed by atoms with Crippen LogP contribution in [0.25, 0.3) is 23.0 Å². The highest BCUT2D eigenvalue weighted by atomic mass is 19.2. The van der Waals surface area contributed by atoms with E-state index in [1.807, 2.05) is 0 Å². The van der Waals surface area contributed by atoms with Gasteiger partial charge in [0.15, 0.2) is 17.3 Å². The lowest BCUT2D eigenvalue weighted by atomic mass is 10.1. The molecule has 2 aromatic heterocycles. The molecular formula is C20H13F3N4O2. The molecule has 1 aliphatic rings. The van der Waals surface area contributed by atoms with E-state index in [1.165, 1.54) is 18.2 Å². The van der Waals surface area contributed by atoms with Crippen LogP contribution in [0.15, 0.2) is 53.1 Å². The van der Waals surface area contributed by atoms with E-state index in [4.69, 9.17) is 9.26 Å². The van der Waals surface area contributed by atoms with Gasteiger partial charge in [-0.15, -0.1) is 0 Å². The Kier molecular flexibility index (Phi) is 4.17. The molecule has 2 aromatic carbocycles. The molecule has 1 aliphatic heterocycles. The second-order valence-electron chi connectivity index (χ2n) is 6.61. The highest BCUT2D eigenvalue weighted by Gasteiger charge is 2.24. The van der Waals surface area contributed by atoms with Crippen LogP contribution in [0.3, 0.4) is 0 Å². The average Bonchev–Trinajstić information content (AvgIpc) is 3.37. The van der Waals surface area contributed by atoms with Gasteiger partial charge in [-0.2, -0.15) is 10.1 Å². The molecule has 1 atom stereocenters. The van der Waals surface area contributed by atoms with Crippen molar-refractivity contribution >= 4 is 0 Å². The first-order chi connectivity index (χ1) is 14.1. The monoisotopic (exact) mass is 398 g/mol. The third-order valence-corrected chi connectivity index (χ3v) is 4.70. The molecule has 4 aromatic rings. The minimum absolute atomic E-state index is 0.130. The summed E-state index contributed by atoms with van der Waals surface area (Å²) in [5.74, 6) is -1.96. The third-order valence-electron chi connectivity index (χ3n) is 4.70. The fourth-order valence-corrected chi connectivity index (χ4v) is 3.19. The van der Waals surface area contributed by atoms with Gasteiger partial charge in [0, 0.05) is 5.56 Å². The number of hydrogen-bond acceptors (Lipinski definition) is 5. The smallest absolute Gasteiger partial charge is 0.278 e. The maximum atomic E-state index is 13.4. The number of nitrogens with zero attached hydrogens (tertiary/aromatic N) is 4. The summed E-state index contributed by atoms with van der Waals surface area (Å²) in [4.78, 5) is 4.23. The second-order valence-corrected chi connectivity index (χ2v) is 6.61. The first-order valence-electron chi connectivity index (χ1n) is 8.80. The number of fused-ring (bicyclic) bond motifs is 1. The molecule has 146 valence electrons. The Morgan fingerprint density at radius 3 is 2.59 bits per heavy atom. The van der Waals surface area contributed by atoms with E-state index in [-0.39, 0.29) is 23.6 Å². The van der Waals surface area contributed by atoms with Crippen LogP contribution in [0.2, 0.25) is 0 Å². The van der Waals surface area contributed by atoms with E-state index in [0.29, 0.717) is 24.4 Å². The number of benzene rings is 2. The van der Waals surface area contributed by atoms with Gasteiger partial charge < -0.3 is 9.26 Å². The molecule has 0 unspecified atom stereocenters. The highest BCUT2D eigenvalue weighted by molar-refractivity contribution is 5.58. The van der Waals surface area contributed by atoms with E-state index < -0.39 is 11.6 Å². The number of aromatic nitrogens is 4. The molecule has 5 rings (SSSR count). The van der Waals surface area contributed by atoms with Crippen molar-refractivity contribution in [2.24, 2.45) is 0 Å². The Bertz CT molecular complexity index is 1190. The summed E-state index contributed by atoms with van der Waals surface area (Å²) >= 11 is 0. The van der Waals surface area contributed by atoms with Gasteiger partial charge >= 0.3 is 0 Å². The molecular weight excluding hydrogens is 385 g/mol. The van der Waals surface area contributed by atoms with E-state index in [0.717, 1.165) is 23.4 Å². The maximum absolute atomic E-state index is 13.4. The van der Waals surface area contributed by atoms with Crippen molar-refractivity contribution < 1.29 is 22.4 Å². The molecule has 0 spiro atoms. The van der Waals surface area contributed by atoms with E-state index in [9.17, 15) is 13.2 Å². The minimum Gasteiger partial charge on any atom is -0.365 e. The van der Waals surface area contributed by atoms with Crippen LogP contribution in [-0.2, 0) is 17.9 Å². The summed E-state index contributed by atoms with van der Waals surface area (Å²) in [6, 6.07) is 11.3. The molecule has 0 fully saturated rings. The summed E-state index contributed by atoms with van der Waals surface area (Å²) < 4.78 is 52.5. The molecule has 0 radical (unpaired) electrons. The van der Waals surface area contributed by atoms with Gasteiger partial charge in [-0.1, -0.05) is 17.3 Å². The normalized spacial score (nSPS) is 16.0. The van der Waals surface area contributed by atoms with Gasteiger partial charge in [-0.05, 0) is 42.0 Å². The van der Waals surface area contributed by atoms with Crippen molar-refractivity contribution in [2.75, 3.05) is 0 Å². The van der Waals surface area contributed by atoms with E-state index in [1.54, 1.807) is 22.9 Å². The molecule has 0 saturated carbocycles. The van der Waals surface area contributed by atoms with Crippen molar-refractivity contribution in [2.45, 2.75) is 19.3 Å². The Morgan fingerprint density at radius 1 is 0.966 bits per heavy atom. The van der Waals surface area contributed by atoms with Gasteiger partial charge in [0.05, 0.1) is 18.8 Å². The summed E-state index contributed by atoms with van der Waals surface area (Å²) in [6.45, 7) is 0.768. The Labute approximate surface area is 162 Å². The third kappa shape index (κ3) is 3.29. The summed E-state index contributed by atoms with van der Waals surface area (Å²) in [5.41, 5.74) is 2.42. The Morgan fingerprint density at radius 2 is 1.79 bits per heavy atom. The molecule has 6 nitrogen and oxygen atoms in total. The molecule has 0 bridgehead atoms. The van der Waals surface area contributed by atoms with Crippen LogP contribution in [0.4, 0.5) is 13.2 Å². The second kappa shape index (κ2) is 6.85. The quantitative estimate of drug-likeness (QED) is 0.515. The SMILES string of the molecule is Fc1ccc([C@@H]2Cn3nc(-c4nc(-c5ccc(F)c(F)c5)no4)cc3CO2)cc1. The molecule has 29 heavy (non-hydrogen) atoms. The Balaban J connectivity index is 1.40. The summed E-state index contributed by atoms with van der Waals surface area (Å²) in [6.07, 6.45) is -0.253. The van der Waals surface area contributed by atoms with Crippen LogP contribution in [0.5, 0.6) is 0 Å². The zero-order valence-electron chi connectivity index (χ0n) is 14.8. The van der Waals surface area contributed by atoms with Crippen molar-refractivity contribution in [3.05, 3.63) is 77.2 Å². The average molecular weight is 398 g/mol. The first-order valence-corrected chi connectivity index (χ1v) is 8.80. The standard InChI is InChI=1S/C20H13F3N4O2/c21-13-4-1-11(2-5-13)18-9-27-14(10-28-18)8-17(25-27)20-24-19(26-29-20)12-3-6-15(22)16(23)7-12/h1-8,18H,9-10H2/t18-/m0/s1. The predicted molar refractivity (Wildman–Crippen MR) is 94.8 cm³/mol. The molecule has 0 amide bonds. The molecule has 3 heterocycles. The number of hydrogen-bond donors (Lipinski definition) is 0. The fraction of sp³-hybridized carbons (Fsp3) is 0.150. The zero-order chi connectivity index (χ0) is 20.0. The molecule has 0 N–H and O–H groups in total. The molecule has 0 saturated heterocycles. The minimum atomic E-state index is -0.990. The number of rotatable bonds is 3. The maximum Gasteiger partial charge on any atom is 0.278 e. The van der Waals surface area contributed by atoms with Gasteiger partial charge in [-0.25, -0.2) is 13.2 Å². The topological polar surface area (TPSA) is 66.0 Å². The lowest BCUT2D eigenvalue weighted by Crippen LogP contribution is -2.21. The van der Waals surface area contributed by atoms with E-state index in [2.05, 4.69) is 15.2 Å². The van der Waals surface area contributed by atoms with Crippen LogP contribution in [0.1, 0.15) is 17.4 Å². The lowest BCUT2D eigenvalue weighted by Gasteiger charge is -2.24. The van der Waals surface area contributed by atoms with Gasteiger partial charge in [-0.3, -0.25) is 4.68 Å². The van der Waals surface area contributed by atoms with Crippen LogP contribution >= 0.6 is 0 Å². The van der Waals surface area contributed by atoms with Crippen molar-refractivity contribution in [3.8, 4) is 23.0 Å². The van der Waals surface area contributed by atoms with Gasteiger partial charge in [0.25, 0.3) is 5.89 Å². The van der Waals surface area contributed by atoms with Crippen LogP contribution in [0, 0.1) is 17.5 Å². The van der Waals surface area contributed by atoms with Gasteiger partial charge in [0.1, 0.15) is 11.9 Å². The van der Waals surface area contributed by atoms with Crippen molar-refractivity contribution in [3.63, 3.8) is 0 Å². The zero-order valence-corrected chi connectivity index (χ0v) is 14.8. The lowest BCUT2D eigenvalue weighted by molar-refractivity contribution is -0.00116. The number of ether oxygens (including phenoxy) is 1. The van der Waals surface area contributed by atoms with Crippen molar-refractivity contribution in [1.82, 2.24) is 19.9 Å². The Hall–Kier alpha value is -3.46. The van der Waals surface area contributed by atoms with Crippen LogP contribution in [-0.4, -0.2) is 19.9 Å². The summed E-state index contributed by atoms with van der Waals surface area (Å²) in [5, 5.41) is 8.30. The predicted octanol–water partition coefficient (Wildman–Crippen LogP) is 4.29. The largest absolute Gasteiger partial charge is 0.365 e.